The van der Waals surface area contributed by atoms with Gasteiger partial charge in [-0.15, -0.1) is 0 Å². The maximum absolute atomic E-state index is 4.31. The molecule has 0 spiro atoms. The van der Waals surface area contributed by atoms with Gasteiger partial charge in [-0.1, -0.05) is 37.6 Å². The minimum absolute atomic E-state index is 0.779. The lowest BCUT2D eigenvalue weighted by Gasteiger charge is -2.44. The van der Waals surface area contributed by atoms with Crippen molar-refractivity contribution in [3.63, 3.8) is 0 Å². The van der Waals surface area contributed by atoms with Crippen molar-refractivity contribution >= 4 is 0 Å². The predicted molar refractivity (Wildman–Crippen MR) is 71.3 cm³/mol. The average Bonchev–Trinajstić information content (AvgIpc) is 2.28. The van der Waals surface area contributed by atoms with E-state index in [1.807, 2.05) is 0 Å². The van der Waals surface area contributed by atoms with Gasteiger partial charge in [0.2, 0.25) is 0 Å². The highest BCUT2D eigenvalue weighted by atomic mass is 14.4. The molecule has 0 aromatic carbocycles. The molecule has 0 saturated heterocycles. The molecule has 1 saturated carbocycles. The monoisotopic (exact) mass is 218 g/mol. The van der Waals surface area contributed by atoms with Gasteiger partial charge in [-0.05, 0) is 62.7 Å². The second kappa shape index (κ2) is 4.77. The van der Waals surface area contributed by atoms with Crippen LogP contribution in [0.4, 0.5) is 0 Å². The largest absolute Gasteiger partial charge is 0.0996 e. The van der Waals surface area contributed by atoms with Gasteiger partial charge in [0.05, 0.1) is 0 Å². The van der Waals surface area contributed by atoms with Gasteiger partial charge in [-0.25, -0.2) is 0 Å². The van der Waals surface area contributed by atoms with E-state index in [1.54, 1.807) is 5.57 Å². The van der Waals surface area contributed by atoms with Gasteiger partial charge < -0.3 is 0 Å². The highest BCUT2D eigenvalue weighted by Crippen LogP contribution is 2.47. The van der Waals surface area contributed by atoms with Crippen molar-refractivity contribution in [2.75, 3.05) is 0 Å². The molecule has 0 N–H and O–H groups in total. The van der Waals surface area contributed by atoms with Crippen LogP contribution in [0, 0.1) is 23.7 Å². The molecule has 16 heavy (non-hydrogen) atoms. The molecule has 0 amide bonds. The molecule has 2 aliphatic rings. The molecule has 1 unspecified atom stereocenters. The second-order valence-electron chi connectivity index (χ2n) is 5.97. The number of hydrogen-bond donors (Lipinski definition) is 0. The highest BCUT2D eigenvalue weighted by Gasteiger charge is 2.38. The molecular weight excluding hydrogens is 192 g/mol. The van der Waals surface area contributed by atoms with Crippen molar-refractivity contribution < 1.29 is 0 Å². The first-order valence-electron chi connectivity index (χ1n) is 6.98. The Balaban J connectivity index is 2.22. The van der Waals surface area contributed by atoms with Crippen LogP contribution in [0.25, 0.3) is 0 Å². The summed E-state index contributed by atoms with van der Waals surface area (Å²) >= 11 is 0. The Kier molecular flexibility index (Phi) is 3.56. The number of fused-ring (bicyclic) bond motifs is 1. The van der Waals surface area contributed by atoms with Gasteiger partial charge in [0, 0.05) is 0 Å². The quantitative estimate of drug-likeness (QED) is 0.574. The molecule has 2 aliphatic carbocycles. The fourth-order valence-electron chi connectivity index (χ4n) is 3.79. The second-order valence-corrected chi connectivity index (χ2v) is 5.97. The van der Waals surface area contributed by atoms with Crippen molar-refractivity contribution in [2.24, 2.45) is 23.7 Å². The maximum Gasteiger partial charge on any atom is -0.0134 e. The molecule has 0 aromatic heterocycles. The summed E-state index contributed by atoms with van der Waals surface area (Å²) in [6, 6.07) is 0. The highest BCUT2D eigenvalue weighted by molar-refractivity contribution is 5.16. The van der Waals surface area contributed by atoms with E-state index in [9.17, 15) is 0 Å². The summed E-state index contributed by atoms with van der Waals surface area (Å²) in [6.07, 6.45) is 9.28. The number of hydrogen-bond acceptors (Lipinski definition) is 0. The van der Waals surface area contributed by atoms with Crippen LogP contribution < -0.4 is 0 Å². The Hall–Kier alpha value is -0.520. The van der Waals surface area contributed by atoms with Crippen LogP contribution in [0.5, 0.6) is 0 Å². The minimum Gasteiger partial charge on any atom is -0.0996 e. The van der Waals surface area contributed by atoms with Crippen LogP contribution >= 0.6 is 0 Å². The van der Waals surface area contributed by atoms with Gasteiger partial charge in [0.25, 0.3) is 0 Å². The lowest BCUT2D eigenvalue weighted by molar-refractivity contribution is 0.134. The molecular formula is C16H26. The summed E-state index contributed by atoms with van der Waals surface area (Å²) < 4.78 is 0. The standard InChI is InChI=1S/C16H26/c1-5-12(3)14-9-7-13(4)15-8-6-11(2)10-16(14)15/h10,13-16H,3,5-9H2,1-2,4H3/t13-,14?,15+,16-/m1/s1. The predicted octanol–water partition coefficient (Wildman–Crippen LogP) is 4.97. The van der Waals surface area contributed by atoms with E-state index >= 15 is 0 Å². The first-order chi connectivity index (χ1) is 7.63. The van der Waals surface area contributed by atoms with Crippen molar-refractivity contribution in [1.29, 1.82) is 0 Å². The Morgan fingerprint density at radius 3 is 2.81 bits per heavy atom. The summed E-state index contributed by atoms with van der Waals surface area (Å²) in [4.78, 5) is 0. The fourth-order valence-corrected chi connectivity index (χ4v) is 3.79. The van der Waals surface area contributed by atoms with Gasteiger partial charge in [-0.3, -0.25) is 0 Å². The molecule has 0 nitrogen and oxygen atoms in total. The smallest absolute Gasteiger partial charge is 0.0134 e. The molecule has 0 heterocycles. The molecule has 0 heteroatoms. The van der Waals surface area contributed by atoms with E-state index in [-0.39, 0.29) is 0 Å². The van der Waals surface area contributed by atoms with Crippen molar-refractivity contribution in [3.05, 3.63) is 23.8 Å². The third kappa shape index (κ3) is 2.12. The molecule has 4 atom stereocenters. The normalized spacial score (nSPS) is 38.8. The zero-order valence-electron chi connectivity index (χ0n) is 11.1. The minimum atomic E-state index is 0.779. The van der Waals surface area contributed by atoms with E-state index in [0.29, 0.717) is 0 Å². The van der Waals surface area contributed by atoms with Crippen molar-refractivity contribution in [3.8, 4) is 0 Å². The summed E-state index contributed by atoms with van der Waals surface area (Å²) in [7, 11) is 0. The fraction of sp³-hybridized carbons (Fsp3) is 0.750. The van der Waals surface area contributed by atoms with Crippen LogP contribution in [0.2, 0.25) is 0 Å². The van der Waals surface area contributed by atoms with E-state index in [0.717, 1.165) is 30.1 Å². The molecule has 0 radical (unpaired) electrons. The van der Waals surface area contributed by atoms with Crippen molar-refractivity contribution in [2.45, 2.75) is 52.9 Å². The van der Waals surface area contributed by atoms with E-state index in [4.69, 9.17) is 0 Å². The van der Waals surface area contributed by atoms with Crippen LogP contribution in [0.1, 0.15) is 52.9 Å². The average molecular weight is 218 g/mol. The Bertz CT molecular complexity index is 297. The van der Waals surface area contributed by atoms with Gasteiger partial charge >= 0.3 is 0 Å². The lowest BCUT2D eigenvalue weighted by atomic mass is 9.61. The number of rotatable bonds is 2. The van der Waals surface area contributed by atoms with Crippen molar-refractivity contribution in [1.82, 2.24) is 0 Å². The van der Waals surface area contributed by atoms with Gasteiger partial charge in [0.1, 0.15) is 0 Å². The Labute approximate surface area is 101 Å². The zero-order chi connectivity index (χ0) is 11.7. The lowest BCUT2D eigenvalue weighted by Crippen LogP contribution is -2.35. The molecule has 0 bridgehead atoms. The third-order valence-corrected chi connectivity index (χ3v) is 4.95. The summed E-state index contributed by atoms with van der Waals surface area (Å²) in [5, 5.41) is 0. The Morgan fingerprint density at radius 2 is 2.12 bits per heavy atom. The molecule has 90 valence electrons. The summed E-state index contributed by atoms with van der Waals surface area (Å²) in [5.74, 6) is 3.45. The first-order valence-corrected chi connectivity index (χ1v) is 6.98. The molecule has 2 rings (SSSR count). The topological polar surface area (TPSA) is 0 Å². The van der Waals surface area contributed by atoms with Crippen LogP contribution in [-0.4, -0.2) is 0 Å². The Morgan fingerprint density at radius 1 is 1.38 bits per heavy atom. The van der Waals surface area contributed by atoms with Crippen LogP contribution in [-0.2, 0) is 0 Å². The van der Waals surface area contributed by atoms with Crippen LogP contribution in [0.15, 0.2) is 23.8 Å². The third-order valence-electron chi connectivity index (χ3n) is 4.95. The summed E-state index contributed by atoms with van der Waals surface area (Å²) in [6.45, 7) is 11.3. The summed E-state index contributed by atoms with van der Waals surface area (Å²) in [5.41, 5.74) is 3.11. The zero-order valence-corrected chi connectivity index (χ0v) is 11.1. The number of allylic oxidation sites excluding steroid dienone is 3. The van der Waals surface area contributed by atoms with E-state index in [2.05, 4.69) is 33.4 Å². The van der Waals surface area contributed by atoms with E-state index < -0.39 is 0 Å². The van der Waals surface area contributed by atoms with Gasteiger partial charge in [-0.2, -0.15) is 0 Å². The van der Waals surface area contributed by atoms with E-state index in [1.165, 1.54) is 31.3 Å². The maximum atomic E-state index is 4.31. The SMILES string of the molecule is C=C(CC)C1CC[C@@H](C)[C@@H]2CCC(C)=C[C@H]12. The molecule has 0 aliphatic heterocycles. The van der Waals surface area contributed by atoms with Crippen LogP contribution in [0.3, 0.4) is 0 Å². The molecule has 1 fully saturated rings. The first kappa shape index (κ1) is 12.0. The molecule has 0 aromatic rings. The van der Waals surface area contributed by atoms with Gasteiger partial charge in [0.15, 0.2) is 0 Å².